The number of amides is 1. The Labute approximate surface area is 179 Å². The summed E-state index contributed by atoms with van der Waals surface area (Å²) in [6.07, 6.45) is 0. The quantitative estimate of drug-likeness (QED) is 0.720. The Hall–Kier alpha value is -2.57. The number of rotatable bonds is 8. The van der Waals surface area contributed by atoms with Crippen LogP contribution in [0.5, 0.6) is 11.5 Å². The molecule has 0 aromatic heterocycles. The Bertz CT molecular complexity index is 828. The van der Waals surface area contributed by atoms with Crippen LogP contribution < -0.4 is 14.8 Å². The second kappa shape index (κ2) is 10.5. The summed E-state index contributed by atoms with van der Waals surface area (Å²) in [5.41, 5.74) is 3.25. The van der Waals surface area contributed by atoms with Gasteiger partial charge in [0.2, 0.25) is 5.91 Å². The van der Waals surface area contributed by atoms with Gasteiger partial charge < -0.3 is 14.8 Å². The smallest absolute Gasteiger partial charge is 0.238 e. The van der Waals surface area contributed by atoms with E-state index in [2.05, 4.69) is 41.1 Å². The van der Waals surface area contributed by atoms with Gasteiger partial charge in [-0.25, -0.2) is 0 Å². The van der Waals surface area contributed by atoms with E-state index in [1.807, 2.05) is 30.3 Å². The van der Waals surface area contributed by atoms with Crippen LogP contribution in [-0.4, -0.2) is 62.7 Å². The van der Waals surface area contributed by atoms with Gasteiger partial charge in [-0.2, -0.15) is 0 Å². The minimum atomic E-state index is 0.0372. The van der Waals surface area contributed by atoms with Crippen LogP contribution in [-0.2, 0) is 11.3 Å². The molecule has 0 spiro atoms. The number of benzene rings is 2. The van der Waals surface area contributed by atoms with Crippen molar-refractivity contribution in [3.05, 3.63) is 53.6 Å². The fourth-order valence-electron chi connectivity index (χ4n) is 3.71. The largest absolute Gasteiger partial charge is 0.497 e. The standard InChI is InChI=1S/C24H33N3O3/c1-18(2)19-5-7-21(8-6-19)25-24(28)17-27-13-11-26(12-14-27)16-20-15-22(29-3)9-10-23(20)30-4/h5-10,15,18H,11-14,16-17H2,1-4H3,(H,25,28). The van der Waals surface area contributed by atoms with Gasteiger partial charge in [-0.05, 0) is 41.8 Å². The summed E-state index contributed by atoms with van der Waals surface area (Å²) in [4.78, 5) is 17.0. The first-order chi connectivity index (χ1) is 14.5. The van der Waals surface area contributed by atoms with Crippen LogP contribution in [0.25, 0.3) is 0 Å². The minimum absolute atomic E-state index is 0.0372. The highest BCUT2D eigenvalue weighted by Crippen LogP contribution is 2.25. The first-order valence-electron chi connectivity index (χ1n) is 10.5. The first-order valence-corrected chi connectivity index (χ1v) is 10.5. The molecule has 0 unspecified atom stereocenters. The molecule has 1 N–H and O–H groups in total. The summed E-state index contributed by atoms with van der Waals surface area (Å²) < 4.78 is 10.8. The third-order valence-corrected chi connectivity index (χ3v) is 5.57. The lowest BCUT2D eigenvalue weighted by atomic mass is 10.0. The Kier molecular flexibility index (Phi) is 7.71. The van der Waals surface area contributed by atoms with Crippen molar-refractivity contribution in [3.63, 3.8) is 0 Å². The molecule has 6 heteroatoms. The van der Waals surface area contributed by atoms with Gasteiger partial charge >= 0.3 is 0 Å². The van der Waals surface area contributed by atoms with E-state index in [1.54, 1.807) is 14.2 Å². The van der Waals surface area contributed by atoms with E-state index in [4.69, 9.17) is 9.47 Å². The second-order valence-corrected chi connectivity index (χ2v) is 8.05. The fraction of sp³-hybridized carbons (Fsp3) is 0.458. The molecule has 1 aliphatic rings. The third kappa shape index (κ3) is 5.97. The number of carbonyl (C=O) groups is 1. The molecule has 0 atom stereocenters. The van der Waals surface area contributed by atoms with Gasteiger partial charge in [-0.15, -0.1) is 0 Å². The molecule has 0 saturated carbocycles. The number of hydrogen-bond donors (Lipinski definition) is 1. The SMILES string of the molecule is COc1ccc(OC)c(CN2CCN(CC(=O)Nc3ccc(C(C)C)cc3)CC2)c1. The lowest BCUT2D eigenvalue weighted by Gasteiger charge is -2.34. The summed E-state index contributed by atoms with van der Waals surface area (Å²) >= 11 is 0. The van der Waals surface area contributed by atoms with Crippen LogP contribution in [0.4, 0.5) is 5.69 Å². The van der Waals surface area contributed by atoms with E-state index in [-0.39, 0.29) is 5.91 Å². The molecule has 1 heterocycles. The molecular formula is C24H33N3O3. The van der Waals surface area contributed by atoms with Crippen LogP contribution in [0.2, 0.25) is 0 Å². The van der Waals surface area contributed by atoms with Gasteiger partial charge in [0, 0.05) is 44.0 Å². The molecule has 0 radical (unpaired) electrons. The van der Waals surface area contributed by atoms with E-state index >= 15 is 0 Å². The molecule has 0 bridgehead atoms. The van der Waals surface area contributed by atoms with Crippen molar-refractivity contribution in [2.24, 2.45) is 0 Å². The van der Waals surface area contributed by atoms with Crippen molar-refractivity contribution in [1.29, 1.82) is 0 Å². The monoisotopic (exact) mass is 411 g/mol. The number of piperazine rings is 1. The molecule has 2 aromatic rings. The number of ether oxygens (including phenoxy) is 2. The minimum Gasteiger partial charge on any atom is -0.497 e. The maximum Gasteiger partial charge on any atom is 0.238 e. The van der Waals surface area contributed by atoms with Crippen LogP contribution >= 0.6 is 0 Å². The van der Waals surface area contributed by atoms with Crippen molar-refractivity contribution < 1.29 is 14.3 Å². The van der Waals surface area contributed by atoms with Gasteiger partial charge in [0.05, 0.1) is 20.8 Å². The number of methoxy groups -OCH3 is 2. The van der Waals surface area contributed by atoms with Crippen molar-refractivity contribution >= 4 is 11.6 Å². The van der Waals surface area contributed by atoms with E-state index < -0.39 is 0 Å². The lowest BCUT2D eigenvalue weighted by Crippen LogP contribution is -2.48. The van der Waals surface area contributed by atoms with E-state index in [0.717, 1.165) is 55.5 Å². The zero-order valence-electron chi connectivity index (χ0n) is 18.5. The summed E-state index contributed by atoms with van der Waals surface area (Å²) in [5.74, 6) is 2.24. The van der Waals surface area contributed by atoms with Crippen LogP contribution in [0.3, 0.4) is 0 Å². The van der Waals surface area contributed by atoms with E-state index in [9.17, 15) is 4.79 Å². The van der Waals surface area contributed by atoms with Crippen molar-refractivity contribution in [1.82, 2.24) is 9.80 Å². The van der Waals surface area contributed by atoms with Gasteiger partial charge in [-0.1, -0.05) is 26.0 Å². The molecule has 0 aliphatic carbocycles. The highest BCUT2D eigenvalue weighted by molar-refractivity contribution is 5.92. The molecule has 1 aliphatic heterocycles. The zero-order chi connectivity index (χ0) is 21.5. The molecular weight excluding hydrogens is 378 g/mol. The van der Waals surface area contributed by atoms with Gasteiger partial charge in [0.15, 0.2) is 0 Å². The molecule has 30 heavy (non-hydrogen) atoms. The number of nitrogens with one attached hydrogen (secondary N) is 1. The summed E-state index contributed by atoms with van der Waals surface area (Å²) in [6, 6.07) is 14.0. The average Bonchev–Trinajstić information content (AvgIpc) is 2.75. The van der Waals surface area contributed by atoms with Gasteiger partial charge in [-0.3, -0.25) is 14.6 Å². The van der Waals surface area contributed by atoms with Crippen molar-refractivity contribution in [3.8, 4) is 11.5 Å². The lowest BCUT2D eigenvalue weighted by molar-refractivity contribution is -0.117. The molecule has 2 aromatic carbocycles. The first kappa shape index (κ1) is 22.1. The molecule has 6 nitrogen and oxygen atoms in total. The third-order valence-electron chi connectivity index (χ3n) is 5.57. The molecule has 1 saturated heterocycles. The fourth-order valence-corrected chi connectivity index (χ4v) is 3.71. The Balaban J connectivity index is 1.47. The highest BCUT2D eigenvalue weighted by atomic mass is 16.5. The number of carbonyl (C=O) groups excluding carboxylic acids is 1. The number of hydrogen-bond acceptors (Lipinski definition) is 5. The Morgan fingerprint density at radius 3 is 2.23 bits per heavy atom. The summed E-state index contributed by atoms with van der Waals surface area (Å²) in [7, 11) is 3.37. The molecule has 3 rings (SSSR count). The number of nitrogens with zero attached hydrogens (tertiary/aromatic N) is 2. The maximum absolute atomic E-state index is 12.4. The maximum atomic E-state index is 12.4. The van der Waals surface area contributed by atoms with Gasteiger partial charge in [0.25, 0.3) is 0 Å². The number of anilines is 1. The second-order valence-electron chi connectivity index (χ2n) is 8.05. The van der Waals surface area contributed by atoms with E-state index in [0.29, 0.717) is 12.5 Å². The summed E-state index contributed by atoms with van der Waals surface area (Å²) in [5, 5.41) is 3.01. The predicted molar refractivity (Wildman–Crippen MR) is 120 cm³/mol. The van der Waals surface area contributed by atoms with Crippen molar-refractivity contribution in [2.75, 3.05) is 52.3 Å². The normalized spacial score (nSPS) is 15.2. The molecule has 1 amide bonds. The van der Waals surface area contributed by atoms with E-state index in [1.165, 1.54) is 5.56 Å². The Morgan fingerprint density at radius 1 is 0.967 bits per heavy atom. The van der Waals surface area contributed by atoms with Gasteiger partial charge in [0.1, 0.15) is 11.5 Å². The van der Waals surface area contributed by atoms with Crippen molar-refractivity contribution in [2.45, 2.75) is 26.3 Å². The molecule has 1 fully saturated rings. The zero-order valence-corrected chi connectivity index (χ0v) is 18.5. The van der Waals surface area contributed by atoms with Crippen LogP contribution in [0, 0.1) is 0 Å². The van der Waals surface area contributed by atoms with Crippen LogP contribution in [0.1, 0.15) is 30.9 Å². The average molecular weight is 412 g/mol. The predicted octanol–water partition coefficient (Wildman–Crippen LogP) is 3.58. The molecule has 162 valence electrons. The highest BCUT2D eigenvalue weighted by Gasteiger charge is 2.20. The topological polar surface area (TPSA) is 54.0 Å². The van der Waals surface area contributed by atoms with Crippen LogP contribution in [0.15, 0.2) is 42.5 Å². The Morgan fingerprint density at radius 2 is 1.63 bits per heavy atom. The summed E-state index contributed by atoms with van der Waals surface area (Å²) in [6.45, 7) is 9.12.